The van der Waals surface area contributed by atoms with Gasteiger partial charge < -0.3 is 0 Å². The number of nitrogens with zero attached hydrogens (tertiary/aromatic N) is 1. The molecule has 2 rings (SSSR count). The summed E-state index contributed by atoms with van der Waals surface area (Å²) < 4.78 is 0.733. The molecule has 0 aromatic heterocycles. The molecule has 2 amide bonds. The van der Waals surface area contributed by atoms with Gasteiger partial charge in [0.1, 0.15) is 0 Å². The van der Waals surface area contributed by atoms with Gasteiger partial charge in [-0.15, -0.1) is 0 Å². The first kappa shape index (κ1) is 13.6. The fraction of sp³-hybridized carbons (Fsp3) is 0.385. The lowest BCUT2D eigenvalue weighted by atomic mass is 10.1. The van der Waals surface area contributed by atoms with Gasteiger partial charge in [0.15, 0.2) is 0 Å². The van der Waals surface area contributed by atoms with E-state index in [1.165, 1.54) is 4.90 Å². The normalized spacial score (nSPS) is 19.4. The van der Waals surface area contributed by atoms with Crippen molar-refractivity contribution in [1.82, 2.24) is 4.90 Å². The maximum atomic E-state index is 12.2. The minimum absolute atomic E-state index is 0.0945. The van der Waals surface area contributed by atoms with Gasteiger partial charge in [-0.05, 0) is 24.1 Å². The van der Waals surface area contributed by atoms with Crippen molar-refractivity contribution in [2.75, 3.05) is 6.54 Å². The van der Waals surface area contributed by atoms with Crippen LogP contribution in [-0.4, -0.2) is 23.3 Å². The zero-order chi connectivity index (χ0) is 13.3. The molecule has 96 valence electrons. The Morgan fingerprint density at radius 1 is 1.50 bits per heavy atom. The van der Waals surface area contributed by atoms with Crippen molar-refractivity contribution < 1.29 is 9.59 Å². The van der Waals surface area contributed by atoms with E-state index in [2.05, 4.69) is 15.9 Å². The molecule has 0 spiro atoms. The van der Waals surface area contributed by atoms with Crippen molar-refractivity contribution >= 4 is 39.3 Å². The summed E-state index contributed by atoms with van der Waals surface area (Å²) in [6.07, 6.45) is 1.37. The second kappa shape index (κ2) is 5.41. The Labute approximate surface area is 119 Å². The molecule has 1 aliphatic rings. The Hall–Kier alpha value is -0.870. The largest absolute Gasteiger partial charge is 0.278 e. The number of hydrogen-bond donors (Lipinski definition) is 0. The molecule has 1 aromatic carbocycles. The van der Waals surface area contributed by atoms with E-state index < -0.39 is 0 Å². The monoisotopic (exact) mass is 329 g/mol. The zero-order valence-corrected chi connectivity index (χ0v) is 12.3. The third-order valence-corrected chi connectivity index (χ3v) is 3.81. The molecule has 18 heavy (non-hydrogen) atoms. The summed E-state index contributed by atoms with van der Waals surface area (Å²) >= 11 is 9.20. The van der Waals surface area contributed by atoms with Crippen molar-refractivity contribution in [2.45, 2.75) is 19.8 Å². The lowest BCUT2D eigenvalue weighted by molar-refractivity contribution is -0.125. The molecule has 1 heterocycles. The van der Waals surface area contributed by atoms with E-state index in [0.717, 1.165) is 10.9 Å². The number of likely N-dealkylation sites (tertiary alicyclic amines) is 1. The molecule has 0 saturated carbocycles. The number of carbonyl (C=O) groups excluding carboxylic acids is 2. The maximum absolute atomic E-state index is 12.2. The Bertz CT molecular complexity index is 484. The summed E-state index contributed by atoms with van der Waals surface area (Å²) in [4.78, 5) is 25.4. The van der Waals surface area contributed by atoms with E-state index in [9.17, 15) is 9.59 Å². The fourth-order valence-electron chi connectivity index (χ4n) is 2.08. The number of rotatable bonds is 2. The van der Waals surface area contributed by atoms with Crippen LogP contribution in [0, 0.1) is 5.92 Å². The van der Waals surface area contributed by atoms with E-state index in [-0.39, 0.29) is 17.7 Å². The van der Waals surface area contributed by atoms with Gasteiger partial charge in [-0.3, -0.25) is 14.5 Å². The molecule has 1 aliphatic heterocycles. The van der Waals surface area contributed by atoms with E-state index in [1.807, 2.05) is 6.92 Å². The van der Waals surface area contributed by atoms with Crippen LogP contribution in [0.4, 0.5) is 0 Å². The van der Waals surface area contributed by atoms with Crippen LogP contribution >= 0.6 is 27.5 Å². The van der Waals surface area contributed by atoms with Crippen LogP contribution in [-0.2, 0) is 4.79 Å². The predicted octanol–water partition coefficient (Wildman–Crippen LogP) is 3.50. The highest BCUT2D eigenvalue weighted by atomic mass is 79.9. The Balaban J connectivity index is 2.24. The van der Waals surface area contributed by atoms with Crippen LogP contribution in [0.1, 0.15) is 30.1 Å². The van der Waals surface area contributed by atoms with Crippen molar-refractivity contribution in [2.24, 2.45) is 5.92 Å². The Morgan fingerprint density at radius 2 is 2.22 bits per heavy atom. The van der Waals surface area contributed by atoms with Crippen LogP contribution in [0.25, 0.3) is 0 Å². The molecule has 0 aliphatic carbocycles. The topological polar surface area (TPSA) is 37.4 Å². The lowest BCUT2D eigenvalue weighted by Crippen LogP contribution is -2.32. The second-order valence-corrected chi connectivity index (χ2v) is 5.80. The molecule has 0 bridgehead atoms. The Morgan fingerprint density at radius 3 is 2.78 bits per heavy atom. The second-order valence-electron chi connectivity index (χ2n) is 4.45. The highest BCUT2D eigenvalue weighted by Crippen LogP contribution is 2.25. The summed E-state index contributed by atoms with van der Waals surface area (Å²) in [6, 6.07) is 4.97. The third-order valence-electron chi connectivity index (χ3n) is 3.14. The van der Waals surface area contributed by atoms with E-state index in [4.69, 9.17) is 11.6 Å². The zero-order valence-electron chi connectivity index (χ0n) is 9.95. The number of imide groups is 1. The summed E-state index contributed by atoms with van der Waals surface area (Å²) in [5.41, 5.74) is 0.444. The minimum Gasteiger partial charge on any atom is -0.278 e. The number of halogens is 2. The lowest BCUT2D eigenvalue weighted by Gasteiger charge is -2.14. The van der Waals surface area contributed by atoms with Gasteiger partial charge in [0, 0.05) is 28.0 Å². The maximum Gasteiger partial charge on any atom is 0.260 e. The van der Waals surface area contributed by atoms with Gasteiger partial charge in [-0.25, -0.2) is 0 Å². The number of hydrogen-bond acceptors (Lipinski definition) is 2. The molecular formula is C13H13BrClNO2. The molecule has 0 N–H and O–H groups in total. The molecule has 1 aromatic rings. The standard InChI is InChI=1S/C13H13BrClNO2/c1-2-8-3-12(17)16(7-8)13(18)9-4-10(14)6-11(15)5-9/h4-6,8H,2-3,7H2,1H3. The van der Waals surface area contributed by atoms with Crippen molar-refractivity contribution in [3.8, 4) is 0 Å². The first-order valence-corrected chi connectivity index (χ1v) is 6.99. The average molecular weight is 331 g/mol. The molecule has 1 atom stereocenters. The highest BCUT2D eigenvalue weighted by molar-refractivity contribution is 9.10. The molecule has 1 unspecified atom stereocenters. The van der Waals surface area contributed by atoms with Gasteiger partial charge in [0.05, 0.1) is 0 Å². The van der Waals surface area contributed by atoms with Crippen molar-refractivity contribution in [3.05, 3.63) is 33.3 Å². The predicted molar refractivity (Wildman–Crippen MR) is 73.6 cm³/mol. The van der Waals surface area contributed by atoms with Crippen LogP contribution in [0.3, 0.4) is 0 Å². The quantitative estimate of drug-likeness (QED) is 0.778. The first-order valence-electron chi connectivity index (χ1n) is 5.82. The van der Waals surface area contributed by atoms with E-state index in [1.54, 1.807) is 18.2 Å². The number of amides is 2. The molecule has 3 nitrogen and oxygen atoms in total. The third kappa shape index (κ3) is 2.75. The van der Waals surface area contributed by atoms with Crippen molar-refractivity contribution in [3.63, 3.8) is 0 Å². The summed E-state index contributed by atoms with van der Waals surface area (Å²) in [5, 5.41) is 0.478. The van der Waals surface area contributed by atoms with Crippen LogP contribution in [0.2, 0.25) is 5.02 Å². The summed E-state index contributed by atoms with van der Waals surface area (Å²) in [6.45, 7) is 2.54. The van der Waals surface area contributed by atoms with Gasteiger partial charge in [0.25, 0.3) is 5.91 Å². The molecular weight excluding hydrogens is 318 g/mol. The molecule has 1 fully saturated rings. The number of benzene rings is 1. The van der Waals surface area contributed by atoms with E-state index >= 15 is 0 Å². The summed E-state index contributed by atoms with van der Waals surface area (Å²) in [5.74, 6) is -0.0776. The van der Waals surface area contributed by atoms with Crippen LogP contribution < -0.4 is 0 Å². The van der Waals surface area contributed by atoms with Gasteiger partial charge in [-0.1, -0.05) is 40.9 Å². The molecule has 0 radical (unpaired) electrons. The number of carbonyl (C=O) groups is 2. The Kier molecular flexibility index (Phi) is 4.07. The van der Waals surface area contributed by atoms with Crippen LogP contribution in [0.15, 0.2) is 22.7 Å². The van der Waals surface area contributed by atoms with Crippen LogP contribution in [0.5, 0.6) is 0 Å². The van der Waals surface area contributed by atoms with Gasteiger partial charge >= 0.3 is 0 Å². The fourth-order valence-corrected chi connectivity index (χ4v) is 2.94. The highest BCUT2D eigenvalue weighted by Gasteiger charge is 2.33. The van der Waals surface area contributed by atoms with Crippen molar-refractivity contribution in [1.29, 1.82) is 0 Å². The molecule has 1 saturated heterocycles. The average Bonchev–Trinajstić information content (AvgIpc) is 2.68. The van der Waals surface area contributed by atoms with E-state index in [0.29, 0.717) is 23.6 Å². The summed E-state index contributed by atoms with van der Waals surface area (Å²) in [7, 11) is 0. The first-order chi connectivity index (χ1) is 8.51. The van der Waals surface area contributed by atoms with Gasteiger partial charge in [0.2, 0.25) is 5.91 Å². The smallest absolute Gasteiger partial charge is 0.260 e. The van der Waals surface area contributed by atoms with Gasteiger partial charge in [-0.2, -0.15) is 0 Å². The minimum atomic E-state index is -0.265. The SMILES string of the molecule is CCC1CC(=O)N(C(=O)c2cc(Cl)cc(Br)c2)C1. The molecule has 5 heteroatoms.